The lowest BCUT2D eigenvalue weighted by molar-refractivity contribution is -0.144. The minimum absolute atomic E-state index is 0.136. The maximum atomic E-state index is 16.2. The molecule has 1 nitrogen and oxygen atoms in total. The standard InChI is InChI=1S/C21H32BrFO/c1-13-7-10-21(23)14(11-13)3-4-15-16-5-6-18(19(24)12-22)20(16,2)9-8-17(15)21/h13-18H,3-12H2,1-2H3/t13-,14+,15-,16-,17?,18+,20-,21+/m0/s1. The molecule has 0 saturated heterocycles. The smallest absolute Gasteiger partial charge is 0.147 e. The van der Waals surface area contributed by atoms with Crippen LogP contribution < -0.4 is 0 Å². The molecule has 4 fully saturated rings. The molecule has 4 rings (SSSR count). The largest absolute Gasteiger partial charge is 0.298 e. The summed E-state index contributed by atoms with van der Waals surface area (Å²) in [4.78, 5) is 12.4. The summed E-state index contributed by atoms with van der Waals surface area (Å²) < 4.78 is 16.2. The zero-order valence-electron chi connectivity index (χ0n) is 15.2. The molecule has 0 spiro atoms. The molecule has 4 aliphatic carbocycles. The molecule has 4 saturated carbocycles. The maximum absolute atomic E-state index is 16.2. The molecular weight excluding hydrogens is 367 g/mol. The van der Waals surface area contributed by atoms with Gasteiger partial charge in [-0.1, -0.05) is 29.8 Å². The van der Waals surface area contributed by atoms with Gasteiger partial charge in [-0.2, -0.15) is 0 Å². The highest BCUT2D eigenvalue weighted by Crippen LogP contribution is 2.66. The van der Waals surface area contributed by atoms with E-state index in [-0.39, 0.29) is 17.3 Å². The molecule has 8 atom stereocenters. The van der Waals surface area contributed by atoms with Crippen molar-refractivity contribution in [2.75, 3.05) is 5.33 Å². The lowest BCUT2D eigenvalue weighted by Gasteiger charge is -2.58. The lowest BCUT2D eigenvalue weighted by Crippen LogP contribution is -2.56. The fraction of sp³-hybridized carbons (Fsp3) is 0.952. The first kappa shape index (κ1) is 17.5. The van der Waals surface area contributed by atoms with Crippen LogP contribution in [0.4, 0.5) is 4.39 Å². The number of fused-ring (bicyclic) bond motifs is 5. The Morgan fingerprint density at radius 3 is 2.62 bits per heavy atom. The minimum Gasteiger partial charge on any atom is -0.298 e. The molecule has 136 valence electrons. The molecule has 4 aliphatic rings. The first-order valence-electron chi connectivity index (χ1n) is 10.2. The Bertz CT molecular complexity index is 522. The summed E-state index contributed by atoms with van der Waals surface area (Å²) in [6, 6.07) is 0. The highest BCUT2D eigenvalue weighted by molar-refractivity contribution is 9.09. The Labute approximate surface area is 154 Å². The third-order valence-electron chi connectivity index (χ3n) is 8.81. The second kappa shape index (κ2) is 6.06. The molecule has 0 aromatic carbocycles. The maximum Gasteiger partial charge on any atom is 0.147 e. The summed E-state index contributed by atoms with van der Waals surface area (Å²) in [6.45, 7) is 4.66. The van der Waals surface area contributed by atoms with Gasteiger partial charge >= 0.3 is 0 Å². The number of ketones is 1. The molecule has 24 heavy (non-hydrogen) atoms. The van der Waals surface area contributed by atoms with Crippen molar-refractivity contribution in [2.24, 2.45) is 40.9 Å². The van der Waals surface area contributed by atoms with E-state index in [1.165, 1.54) is 6.42 Å². The van der Waals surface area contributed by atoms with E-state index in [9.17, 15) is 4.79 Å². The van der Waals surface area contributed by atoms with Gasteiger partial charge < -0.3 is 0 Å². The molecule has 0 aromatic heterocycles. The molecule has 0 amide bonds. The third-order valence-corrected chi connectivity index (χ3v) is 9.36. The Morgan fingerprint density at radius 2 is 1.88 bits per heavy atom. The number of hydrogen-bond donors (Lipinski definition) is 0. The summed E-state index contributed by atoms with van der Waals surface area (Å²) in [6.07, 6.45) is 9.55. The van der Waals surface area contributed by atoms with Crippen LogP contribution in [0.1, 0.15) is 71.6 Å². The van der Waals surface area contributed by atoms with Crippen LogP contribution in [0.25, 0.3) is 0 Å². The van der Waals surface area contributed by atoms with Crippen molar-refractivity contribution in [3.63, 3.8) is 0 Å². The monoisotopic (exact) mass is 398 g/mol. The van der Waals surface area contributed by atoms with Crippen molar-refractivity contribution in [3.05, 3.63) is 0 Å². The number of Topliss-reactive ketones (excluding diaryl/α,β-unsaturated/α-hetero) is 1. The van der Waals surface area contributed by atoms with E-state index in [2.05, 4.69) is 29.8 Å². The summed E-state index contributed by atoms with van der Waals surface area (Å²) in [5.41, 5.74) is -0.758. The number of halogens is 2. The van der Waals surface area contributed by atoms with Crippen molar-refractivity contribution in [3.8, 4) is 0 Å². The van der Waals surface area contributed by atoms with Crippen LogP contribution in [0.15, 0.2) is 0 Å². The van der Waals surface area contributed by atoms with Crippen LogP contribution in [-0.2, 0) is 4.79 Å². The zero-order chi connectivity index (χ0) is 17.1. The van der Waals surface area contributed by atoms with Gasteiger partial charge in [0.1, 0.15) is 11.5 Å². The van der Waals surface area contributed by atoms with E-state index in [4.69, 9.17) is 0 Å². The molecule has 0 aromatic rings. The highest BCUT2D eigenvalue weighted by atomic mass is 79.9. The van der Waals surface area contributed by atoms with Gasteiger partial charge in [0.25, 0.3) is 0 Å². The molecule has 0 heterocycles. The predicted octanol–water partition coefficient (Wildman–Crippen LogP) is 5.95. The highest BCUT2D eigenvalue weighted by Gasteiger charge is 2.62. The SMILES string of the molecule is C[C@H]1CC[C@]2(F)C3CC[C@]4(C)[C@@H](C(=O)CBr)CC[C@H]4[C@@H]3CC[C@@H]2C1. The summed E-state index contributed by atoms with van der Waals surface area (Å²) in [7, 11) is 0. The molecular formula is C21H32BrFO. The normalized spacial score (nSPS) is 53.8. The third kappa shape index (κ3) is 2.39. The molecule has 0 N–H and O–H groups in total. The van der Waals surface area contributed by atoms with Gasteiger partial charge in [-0.05, 0) is 92.8 Å². The molecule has 0 aliphatic heterocycles. The summed E-state index contributed by atoms with van der Waals surface area (Å²) in [5, 5.41) is 0.487. The number of hydrogen-bond acceptors (Lipinski definition) is 1. The van der Waals surface area contributed by atoms with Gasteiger partial charge in [-0.25, -0.2) is 4.39 Å². The molecule has 1 unspecified atom stereocenters. The summed E-state index contributed by atoms with van der Waals surface area (Å²) >= 11 is 3.38. The summed E-state index contributed by atoms with van der Waals surface area (Å²) in [5.74, 6) is 3.00. The van der Waals surface area contributed by atoms with Gasteiger partial charge in [0.05, 0.1) is 5.33 Å². The van der Waals surface area contributed by atoms with Gasteiger partial charge in [0.2, 0.25) is 0 Å². The Hall–Kier alpha value is 0.0800. The van der Waals surface area contributed by atoms with E-state index >= 15 is 4.39 Å². The van der Waals surface area contributed by atoms with Crippen molar-refractivity contribution in [2.45, 2.75) is 77.3 Å². The quantitative estimate of drug-likeness (QED) is 0.525. The molecule has 0 bridgehead atoms. The van der Waals surface area contributed by atoms with E-state index in [1.54, 1.807) is 0 Å². The Morgan fingerprint density at radius 1 is 1.08 bits per heavy atom. The number of carbonyl (C=O) groups excluding carboxylic acids is 1. The molecule has 3 heteroatoms. The van der Waals surface area contributed by atoms with Crippen LogP contribution in [0.3, 0.4) is 0 Å². The topological polar surface area (TPSA) is 17.1 Å². The second-order valence-electron chi connectivity index (χ2n) is 9.73. The Kier molecular flexibility index (Phi) is 4.42. The van der Waals surface area contributed by atoms with Gasteiger partial charge in [-0.15, -0.1) is 0 Å². The minimum atomic E-state index is -0.895. The predicted molar refractivity (Wildman–Crippen MR) is 98.9 cm³/mol. The average molecular weight is 399 g/mol. The van der Waals surface area contributed by atoms with Gasteiger partial charge in [0.15, 0.2) is 0 Å². The van der Waals surface area contributed by atoms with Crippen LogP contribution >= 0.6 is 15.9 Å². The van der Waals surface area contributed by atoms with Crippen molar-refractivity contribution in [1.82, 2.24) is 0 Å². The van der Waals surface area contributed by atoms with Crippen molar-refractivity contribution >= 4 is 21.7 Å². The van der Waals surface area contributed by atoms with Gasteiger partial charge in [-0.3, -0.25) is 4.79 Å². The van der Waals surface area contributed by atoms with Crippen LogP contribution in [0, 0.1) is 40.9 Å². The van der Waals surface area contributed by atoms with Gasteiger partial charge in [0, 0.05) is 5.92 Å². The average Bonchev–Trinajstić information content (AvgIpc) is 2.92. The van der Waals surface area contributed by atoms with E-state index in [0.717, 1.165) is 51.4 Å². The van der Waals surface area contributed by atoms with Crippen LogP contribution in [0.5, 0.6) is 0 Å². The number of rotatable bonds is 2. The van der Waals surface area contributed by atoms with Crippen molar-refractivity contribution in [1.29, 1.82) is 0 Å². The van der Waals surface area contributed by atoms with Crippen LogP contribution in [-0.4, -0.2) is 16.8 Å². The lowest BCUT2D eigenvalue weighted by atomic mass is 9.48. The first-order chi connectivity index (χ1) is 11.4. The fourth-order valence-electron chi connectivity index (χ4n) is 7.62. The first-order valence-corrected chi connectivity index (χ1v) is 11.3. The van der Waals surface area contributed by atoms with Crippen LogP contribution in [0.2, 0.25) is 0 Å². The Balaban J connectivity index is 1.60. The van der Waals surface area contributed by atoms with E-state index in [0.29, 0.717) is 34.8 Å². The fourth-order valence-corrected chi connectivity index (χ4v) is 8.01. The zero-order valence-corrected chi connectivity index (χ0v) is 16.8. The van der Waals surface area contributed by atoms with E-state index in [1.807, 2.05) is 0 Å². The van der Waals surface area contributed by atoms with Crippen molar-refractivity contribution < 1.29 is 9.18 Å². The molecule has 0 radical (unpaired) electrons. The number of alkyl halides is 2. The second-order valence-corrected chi connectivity index (χ2v) is 10.3. The number of carbonyl (C=O) groups is 1. The van der Waals surface area contributed by atoms with E-state index < -0.39 is 5.67 Å².